The zero-order chi connectivity index (χ0) is 15.6. The molecule has 1 aliphatic rings. The van der Waals surface area contributed by atoms with E-state index in [2.05, 4.69) is 4.74 Å². The highest BCUT2D eigenvalue weighted by Gasteiger charge is 2.37. The van der Waals surface area contributed by atoms with Crippen LogP contribution in [0.2, 0.25) is 0 Å². The van der Waals surface area contributed by atoms with Gasteiger partial charge in [-0.1, -0.05) is 0 Å². The largest absolute Gasteiger partial charge is 0.466 e. The molecule has 1 aromatic rings. The number of hydrogen-bond acceptors (Lipinski definition) is 5. The van der Waals surface area contributed by atoms with Gasteiger partial charge in [-0.2, -0.15) is 0 Å². The number of ether oxygens (including phenoxy) is 1. The van der Waals surface area contributed by atoms with Gasteiger partial charge in [-0.05, 0) is 25.1 Å². The minimum absolute atomic E-state index is 0.0437. The summed E-state index contributed by atoms with van der Waals surface area (Å²) in [7, 11) is 0. The van der Waals surface area contributed by atoms with Crippen molar-refractivity contribution in [3.63, 3.8) is 0 Å². The third-order valence-corrected chi connectivity index (χ3v) is 2.92. The van der Waals surface area contributed by atoms with Gasteiger partial charge in [-0.15, -0.1) is 0 Å². The Kier molecular flexibility index (Phi) is 4.11. The molecule has 1 heterocycles. The van der Waals surface area contributed by atoms with Crippen molar-refractivity contribution in [1.82, 2.24) is 0 Å². The van der Waals surface area contributed by atoms with E-state index in [4.69, 9.17) is 0 Å². The number of Topliss-reactive ketones (excluding diaryl/α,β-unsaturated/α-hetero) is 2. The van der Waals surface area contributed by atoms with Crippen LogP contribution in [0.4, 0.5) is 10.1 Å². The third kappa shape index (κ3) is 2.96. The van der Waals surface area contributed by atoms with Gasteiger partial charge in [0.1, 0.15) is 12.2 Å². The van der Waals surface area contributed by atoms with Gasteiger partial charge in [0.15, 0.2) is 5.78 Å². The molecule has 7 heteroatoms. The third-order valence-electron chi connectivity index (χ3n) is 2.92. The molecule has 2 rings (SSSR count). The van der Waals surface area contributed by atoms with E-state index < -0.39 is 42.2 Å². The Morgan fingerprint density at radius 1 is 1.29 bits per heavy atom. The number of amides is 1. The first-order chi connectivity index (χ1) is 9.93. The van der Waals surface area contributed by atoms with Crippen LogP contribution < -0.4 is 4.90 Å². The average molecular weight is 293 g/mol. The summed E-state index contributed by atoms with van der Waals surface area (Å²) in [5, 5.41) is 0. The zero-order valence-electron chi connectivity index (χ0n) is 11.2. The minimum Gasteiger partial charge on any atom is -0.466 e. The Hall–Kier alpha value is -2.57. The molecule has 0 bridgehead atoms. The van der Waals surface area contributed by atoms with Crippen molar-refractivity contribution < 1.29 is 28.3 Å². The average Bonchev–Trinajstić information content (AvgIpc) is 2.64. The lowest BCUT2D eigenvalue weighted by Gasteiger charge is -2.15. The number of nitrogens with zero attached hydrogens (tertiary/aromatic N) is 1. The van der Waals surface area contributed by atoms with Crippen molar-refractivity contribution in [2.75, 3.05) is 18.1 Å². The molecule has 1 aliphatic heterocycles. The number of rotatable bonds is 5. The second-order valence-electron chi connectivity index (χ2n) is 4.40. The Morgan fingerprint density at radius 2 is 2.00 bits per heavy atom. The summed E-state index contributed by atoms with van der Waals surface area (Å²) in [6, 6.07) is 3.27. The molecule has 0 unspecified atom stereocenters. The maximum atomic E-state index is 13.2. The summed E-state index contributed by atoms with van der Waals surface area (Å²) < 4.78 is 17.9. The summed E-state index contributed by atoms with van der Waals surface area (Å²) in [5.74, 6) is -3.63. The molecule has 0 radical (unpaired) electrons. The van der Waals surface area contributed by atoms with Gasteiger partial charge >= 0.3 is 5.97 Å². The monoisotopic (exact) mass is 293 g/mol. The quantitative estimate of drug-likeness (QED) is 0.457. The van der Waals surface area contributed by atoms with Gasteiger partial charge in [0, 0.05) is 0 Å². The smallest absolute Gasteiger partial charge is 0.313 e. The first kappa shape index (κ1) is 14.8. The normalized spacial score (nSPS) is 13.3. The fourth-order valence-electron chi connectivity index (χ4n) is 2.03. The molecule has 0 fully saturated rings. The van der Waals surface area contributed by atoms with Gasteiger partial charge in [-0.25, -0.2) is 4.39 Å². The summed E-state index contributed by atoms with van der Waals surface area (Å²) in [6.07, 6.45) is -0.504. The zero-order valence-corrected chi connectivity index (χ0v) is 11.2. The van der Waals surface area contributed by atoms with Crippen LogP contribution >= 0.6 is 0 Å². The minimum atomic E-state index is -0.909. The molecule has 0 saturated heterocycles. The molecule has 0 aliphatic carbocycles. The van der Waals surface area contributed by atoms with Gasteiger partial charge in [0.25, 0.3) is 11.7 Å². The van der Waals surface area contributed by atoms with Crippen LogP contribution in [-0.2, 0) is 19.1 Å². The number of hydrogen-bond donors (Lipinski definition) is 0. The highest BCUT2D eigenvalue weighted by atomic mass is 19.1. The lowest BCUT2D eigenvalue weighted by atomic mass is 10.1. The molecule has 0 N–H and O–H groups in total. The highest BCUT2D eigenvalue weighted by molar-refractivity contribution is 6.52. The first-order valence-corrected chi connectivity index (χ1v) is 6.27. The van der Waals surface area contributed by atoms with Crippen LogP contribution in [-0.4, -0.2) is 36.6 Å². The van der Waals surface area contributed by atoms with Gasteiger partial charge in [-0.3, -0.25) is 24.1 Å². The van der Waals surface area contributed by atoms with Crippen molar-refractivity contribution in [2.45, 2.75) is 13.3 Å². The molecular weight excluding hydrogens is 281 g/mol. The van der Waals surface area contributed by atoms with Crippen LogP contribution in [0, 0.1) is 5.82 Å². The van der Waals surface area contributed by atoms with Crippen LogP contribution in [0.1, 0.15) is 23.7 Å². The number of halogens is 1. The summed E-state index contributed by atoms with van der Waals surface area (Å²) >= 11 is 0. The van der Waals surface area contributed by atoms with Crippen molar-refractivity contribution >= 4 is 29.1 Å². The fourth-order valence-corrected chi connectivity index (χ4v) is 2.03. The van der Waals surface area contributed by atoms with Crippen LogP contribution in [0.5, 0.6) is 0 Å². The Bertz CT molecular complexity index is 640. The number of anilines is 1. The van der Waals surface area contributed by atoms with E-state index in [1.807, 2.05) is 0 Å². The standard InChI is InChI=1S/C14H12FNO5/c1-2-21-12(18)6-9(17)7-16-11-5-8(15)3-4-10(11)13(19)14(16)20/h3-5H,2,6-7H2,1H3. The number of carbonyl (C=O) groups excluding carboxylic acids is 4. The lowest BCUT2D eigenvalue weighted by Crippen LogP contribution is -2.35. The summed E-state index contributed by atoms with van der Waals surface area (Å²) in [6.45, 7) is 1.27. The van der Waals surface area contributed by atoms with Crippen molar-refractivity contribution in [2.24, 2.45) is 0 Å². The van der Waals surface area contributed by atoms with E-state index in [1.54, 1.807) is 6.92 Å². The molecule has 0 aromatic heterocycles. The molecule has 6 nitrogen and oxygen atoms in total. The van der Waals surface area contributed by atoms with Crippen LogP contribution in [0.3, 0.4) is 0 Å². The van der Waals surface area contributed by atoms with Gasteiger partial charge in [0.05, 0.1) is 24.4 Å². The number of esters is 1. The SMILES string of the molecule is CCOC(=O)CC(=O)CN1C(=O)C(=O)c2ccc(F)cc21. The van der Waals surface area contributed by atoms with E-state index in [1.165, 1.54) is 6.07 Å². The number of carbonyl (C=O) groups is 4. The molecule has 0 atom stereocenters. The first-order valence-electron chi connectivity index (χ1n) is 6.27. The van der Waals surface area contributed by atoms with E-state index in [0.29, 0.717) is 0 Å². The number of fused-ring (bicyclic) bond motifs is 1. The van der Waals surface area contributed by atoms with Crippen LogP contribution in [0.15, 0.2) is 18.2 Å². The predicted molar refractivity (Wildman–Crippen MR) is 69.3 cm³/mol. The highest BCUT2D eigenvalue weighted by Crippen LogP contribution is 2.29. The van der Waals surface area contributed by atoms with Gasteiger partial charge in [0.2, 0.25) is 0 Å². The predicted octanol–water partition coefficient (Wildman–Crippen LogP) is 0.877. The van der Waals surface area contributed by atoms with E-state index >= 15 is 0 Å². The summed E-state index contributed by atoms with van der Waals surface area (Å²) in [4.78, 5) is 47.3. The second-order valence-corrected chi connectivity index (χ2v) is 4.40. The maximum Gasteiger partial charge on any atom is 0.313 e. The van der Waals surface area contributed by atoms with Crippen molar-refractivity contribution in [3.05, 3.63) is 29.6 Å². The van der Waals surface area contributed by atoms with E-state index in [0.717, 1.165) is 17.0 Å². The number of ketones is 2. The molecule has 110 valence electrons. The Balaban J connectivity index is 2.16. The molecule has 1 aromatic carbocycles. The summed E-state index contributed by atoms with van der Waals surface area (Å²) in [5.41, 5.74) is 0.0903. The van der Waals surface area contributed by atoms with Crippen LogP contribution in [0.25, 0.3) is 0 Å². The Labute approximate surface area is 119 Å². The topological polar surface area (TPSA) is 80.8 Å². The molecule has 0 saturated carbocycles. The van der Waals surface area contributed by atoms with Crippen molar-refractivity contribution in [1.29, 1.82) is 0 Å². The van der Waals surface area contributed by atoms with Crippen molar-refractivity contribution in [3.8, 4) is 0 Å². The number of benzene rings is 1. The van der Waals surface area contributed by atoms with Gasteiger partial charge < -0.3 is 4.74 Å². The molecule has 1 amide bonds. The Morgan fingerprint density at radius 3 is 2.67 bits per heavy atom. The maximum absolute atomic E-state index is 13.2. The lowest BCUT2D eigenvalue weighted by molar-refractivity contribution is -0.145. The van der Waals surface area contributed by atoms with E-state index in [9.17, 15) is 23.6 Å². The fraction of sp³-hybridized carbons (Fsp3) is 0.286. The molecular formula is C14H12FNO5. The molecule has 21 heavy (non-hydrogen) atoms. The second kappa shape index (κ2) is 5.82. The van der Waals surface area contributed by atoms with E-state index in [-0.39, 0.29) is 17.9 Å². The molecule has 0 spiro atoms.